The number of nitrogens with zero attached hydrogens (tertiary/aromatic N) is 1. The maximum atomic E-state index is 11.5. The molecule has 1 aromatic rings. The summed E-state index contributed by atoms with van der Waals surface area (Å²) < 4.78 is 4.99. The zero-order valence-corrected chi connectivity index (χ0v) is 11.1. The predicted octanol–water partition coefficient (Wildman–Crippen LogP) is 2.03. The fourth-order valence-corrected chi connectivity index (χ4v) is 1.79. The summed E-state index contributed by atoms with van der Waals surface area (Å²) in [6.45, 7) is 0. The van der Waals surface area contributed by atoms with E-state index in [1.807, 2.05) is 0 Å². The Labute approximate surface area is 111 Å². The number of benzene rings is 1. The molecule has 0 bridgehead atoms. The van der Waals surface area contributed by atoms with E-state index in [-0.39, 0.29) is 24.1 Å². The van der Waals surface area contributed by atoms with Gasteiger partial charge in [-0.2, -0.15) is 0 Å². The molecule has 0 radical (unpaired) electrons. The summed E-state index contributed by atoms with van der Waals surface area (Å²) >= 11 is 3.17. The van der Waals surface area contributed by atoms with Crippen molar-refractivity contribution in [2.24, 2.45) is 0 Å². The number of Topliss-reactive ketones (excluding diaryl/α,β-unsaturated/α-hetero) is 1. The van der Waals surface area contributed by atoms with Gasteiger partial charge in [0.25, 0.3) is 5.69 Å². The van der Waals surface area contributed by atoms with Crippen LogP contribution in [0.4, 0.5) is 5.69 Å². The van der Waals surface area contributed by atoms with Gasteiger partial charge in [0.1, 0.15) is 12.2 Å². The van der Waals surface area contributed by atoms with Crippen molar-refractivity contribution in [1.82, 2.24) is 0 Å². The highest BCUT2D eigenvalue weighted by atomic mass is 79.9. The average Bonchev–Trinajstić information content (AvgIpc) is 2.28. The fourth-order valence-electron chi connectivity index (χ4n) is 1.38. The summed E-state index contributed by atoms with van der Waals surface area (Å²) in [4.78, 5) is 32.7. The summed E-state index contributed by atoms with van der Waals surface area (Å²) in [5.41, 5.74) is 0.125. The number of carbonyl (C=O) groups excluding carboxylic acids is 2. The van der Waals surface area contributed by atoms with Crippen LogP contribution in [0.25, 0.3) is 0 Å². The second-order valence-electron chi connectivity index (χ2n) is 3.50. The first kappa shape index (κ1) is 14.3. The largest absolute Gasteiger partial charge is 0.469 e. The molecule has 0 aliphatic carbocycles. The van der Waals surface area contributed by atoms with Crippen LogP contribution in [0.15, 0.2) is 22.7 Å². The van der Waals surface area contributed by atoms with Gasteiger partial charge in [0, 0.05) is 22.5 Å². The van der Waals surface area contributed by atoms with E-state index < -0.39 is 16.7 Å². The van der Waals surface area contributed by atoms with E-state index in [1.54, 1.807) is 0 Å². The van der Waals surface area contributed by atoms with Gasteiger partial charge in [0.2, 0.25) is 0 Å². The number of nitro groups is 1. The zero-order valence-electron chi connectivity index (χ0n) is 9.51. The second-order valence-corrected chi connectivity index (χ2v) is 4.41. The highest BCUT2D eigenvalue weighted by Crippen LogP contribution is 2.23. The number of halogens is 1. The van der Waals surface area contributed by atoms with Crippen LogP contribution in [0.5, 0.6) is 0 Å². The molecule has 0 saturated carbocycles. The summed E-state index contributed by atoms with van der Waals surface area (Å²) in [7, 11) is 1.18. The van der Waals surface area contributed by atoms with Crippen LogP contribution in [0, 0.1) is 10.1 Å². The van der Waals surface area contributed by atoms with Gasteiger partial charge in [-0.05, 0) is 12.1 Å². The van der Waals surface area contributed by atoms with E-state index >= 15 is 0 Å². The van der Waals surface area contributed by atoms with Crippen LogP contribution in [-0.4, -0.2) is 23.8 Å². The van der Waals surface area contributed by atoms with Gasteiger partial charge in [0.05, 0.1) is 12.0 Å². The number of nitro benzene ring substituents is 1. The molecule has 0 heterocycles. The van der Waals surface area contributed by atoms with Crippen LogP contribution in [-0.2, 0) is 20.7 Å². The molecular formula is C11H10BrNO5. The van der Waals surface area contributed by atoms with Gasteiger partial charge in [-0.1, -0.05) is 15.9 Å². The molecule has 1 rings (SSSR count). The minimum absolute atomic E-state index is 0.142. The lowest BCUT2D eigenvalue weighted by Gasteiger charge is -2.03. The lowest BCUT2D eigenvalue weighted by atomic mass is 10.1. The summed E-state index contributed by atoms with van der Waals surface area (Å²) in [5.74, 6) is -1.08. The summed E-state index contributed by atoms with van der Waals surface area (Å²) in [5, 5.41) is 10.8. The number of methoxy groups -OCH3 is 1. The Kier molecular flexibility index (Phi) is 4.96. The average molecular weight is 316 g/mol. The molecule has 0 aliphatic heterocycles. The molecule has 0 unspecified atom stereocenters. The predicted molar refractivity (Wildman–Crippen MR) is 66.1 cm³/mol. The molecule has 0 aliphatic rings. The minimum Gasteiger partial charge on any atom is -0.469 e. The lowest BCUT2D eigenvalue weighted by molar-refractivity contribution is -0.385. The molecule has 0 fully saturated rings. The Morgan fingerprint density at radius 1 is 1.44 bits per heavy atom. The Balaban J connectivity index is 2.89. The van der Waals surface area contributed by atoms with Crippen LogP contribution in [0.3, 0.4) is 0 Å². The van der Waals surface area contributed by atoms with Crippen LogP contribution in [0.2, 0.25) is 0 Å². The molecular weight excluding hydrogens is 306 g/mol. The van der Waals surface area contributed by atoms with Gasteiger partial charge >= 0.3 is 5.97 Å². The SMILES string of the molecule is COC(=O)CC(=O)Cc1cc(Br)ccc1[N+](=O)[O-]. The topological polar surface area (TPSA) is 86.5 Å². The van der Waals surface area contributed by atoms with Crippen LogP contribution in [0.1, 0.15) is 12.0 Å². The van der Waals surface area contributed by atoms with Crippen molar-refractivity contribution >= 4 is 33.4 Å². The van der Waals surface area contributed by atoms with Crippen molar-refractivity contribution < 1.29 is 19.2 Å². The van der Waals surface area contributed by atoms with E-state index in [2.05, 4.69) is 20.7 Å². The van der Waals surface area contributed by atoms with Gasteiger partial charge in [-0.25, -0.2) is 0 Å². The van der Waals surface area contributed by atoms with E-state index in [0.717, 1.165) is 0 Å². The number of carbonyl (C=O) groups is 2. The fraction of sp³-hybridized carbons (Fsp3) is 0.273. The third-order valence-corrected chi connectivity index (χ3v) is 2.69. The second kappa shape index (κ2) is 6.25. The molecule has 0 atom stereocenters. The number of ketones is 1. The van der Waals surface area contributed by atoms with Crippen molar-refractivity contribution in [1.29, 1.82) is 0 Å². The third-order valence-electron chi connectivity index (χ3n) is 2.20. The highest BCUT2D eigenvalue weighted by molar-refractivity contribution is 9.10. The molecule has 0 saturated heterocycles. The number of hydrogen-bond acceptors (Lipinski definition) is 5. The van der Waals surface area contributed by atoms with E-state index in [9.17, 15) is 19.7 Å². The van der Waals surface area contributed by atoms with Crippen molar-refractivity contribution in [2.45, 2.75) is 12.8 Å². The Morgan fingerprint density at radius 2 is 2.11 bits per heavy atom. The molecule has 96 valence electrons. The molecule has 0 N–H and O–H groups in total. The van der Waals surface area contributed by atoms with Crippen molar-refractivity contribution in [3.8, 4) is 0 Å². The standard InChI is InChI=1S/C11H10BrNO5/c1-18-11(15)6-9(14)5-7-4-8(12)2-3-10(7)13(16)17/h2-4H,5-6H2,1H3. The Hall–Kier alpha value is -1.76. The monoisotopic (exact) mass is 315 g/mol. The molecule has 1 aromatic carbocycles. The maximum Gasteiger partial charge on any atom is 0.313 e. The molecule has 0 amide bonds. The first-order chi connectivity index (χ1) is 8.43. The molecule has 0 spiro atoms. The lowest BCUT2D eigenvalue weighted by Crippen LogP contribution is -2.12. The smallest absolute Gasteiger partial charge is 0.313 e. The number of hydrogen-bond donors (Lipinski definition) is 0. The van der Waals surface area contributed by atoms with Gasteiger partial charge in [0.15, 0.2) is 0 Å². The molecule has 6 nitrogen and oxygen atoms in total. The number of ether oxygens (including phenoxy) is 1. The zero-order chi connectivity index (χ0) is 13.7. The maximum absolute atomic E-state index is 11.5. The molecule has 7 heteroatoms. The van der Waals surface area contributed by atoms with Gasteiger partial charge in [-0.15, -0.1) is 0 Å². The van der Waals surface area contributed by atoms with E-state index in [0.29, 0.717) is 4.47 Å². The molecule has 18 heavy (non-hydrogen) atoms. The Morgan fingerprint density at radius 3 is 2.67 bits per heavy atom. The first-order valence-corrected chi connectivity index (χ1v) is 5.74. The van der Waals surface area contributed by atoms with E-state index in [4.69, 9.17) is 0 Å². The quantitative estimate of drug-likeness (QED) is 0.359. The number of rotatable bonds is 5. The summed E-state index contributed by atoms with van der Waals surface area (Å²) in [6, 6.07) is 4.32. The molecule has 0 aromatic heterocycles. The number of esters is 1. The van der Waals surface area contributed by atoms with Gasteiger partial charge in [-0.3, -0.25) is 19.7 Å². The van der Waals surface area contributed by atoms with E-state index in [1.165, 1.54) is 25.3 Å². The summed E-state index contributed by atoms with van der Waals surface area (Å²) in [6.07, 6.45) is -0.564. The first-order valence-electron chi connectivity index (χ1n) is 4.95. The van der Waals surface area contributed by atoms with Crippen molar-refractivity contribution in [3.63, 3.8) is 0 Å². The normalized spacial score (nSPS) is 9.89. The van der Waals surface area contributed by atoms with Crippen molar-refractivity contribution in [2.75, 3.05) is 7.11 Å². The van der Waals surface area contributed by atoms with Crippen LogP contribution < -0.4 is 0 Å². The van der Waals surface area contributed by atoms with Crippen molar-refractivity contribution in [3.05, 3.63) is 38.3 Å². The van der Waals surface area contributed by atoms with Gasteiger partial charge < -0.3 is 4.74 Å². The highest BCUT2D eigenvalue weighted by Gasteiger charge is 2.18. The third kappa shape index (κ3) is 3.92. The minimum atomic E-state index is -0.655. The van der Waals surface area contributed by atoms with Crippen LogP contribution >= 0.6 is 15.9 Å². The Bertz CT molecular complexity index is 500.